The zero-order chi connectivity index (χ0) is 12.7. The van der Waals surface area contributed by atoms with Gasteiger partial charge in [0.25, 0.3) is 0 Å². The first kappa shape index (κ1) is 14.2. The largest absolute Gasteiger partial charge is 0.310 e. The van der Waals surface area contributed by atoms with Crippen LogP contribution in [0.2, 0.25) is 0 Å². The summed E-state index contributed by atoms with van der Waals surface area (Å²) in [6, 6.07) is 5.49. The van der Waals surface area contributed by atoms with Crippen LogP contribution < -0.4 is 5.32 Å². The summed E-state index contributed by atoms with van der Waals surface area (Å²) in [7, 11) is 0. The van der Waals surface area contributed by atoms with Crippen LogP contribution in [0, 0.1) is 5.82 Å². The summed E-state index contributed by atoms with van der Waals surface area (Å²) in [6.07, 6.45) is 4.36. The molecule has 1 unspecified atom stereocenters. The number of halogens is 1. The molecule has 1 rings (SSSR count). The Bertz CT molecular complexity index is 336. The van der Waals surface area contributed by atoms with Crippen LogP contribution in [0.25, 0.3) is 0 Å². The van der Waals surface area contributed by atoms with E-state index in [0.29, 0.717) is 6.04 Å². The van der Waals surface area contributed by atoms with Crippen molar-refractivity contribution in [3.63, 3.8) is 0 Å². The molecule has 17 heavy (non-hydrogen) atoms. The molecule has 0 bridgehead atoms. The van der Waals surface area contributed by atoms with Crippen molar-refractivity contribution < 1.29 is 4.39 Å². The molecule has 0 spiro atoms. The van der Waals surface area contributed by atoms with Gasteiger partial charge < -0.3 is 5.32 Å². The molecule has 1 atom stereocenters. The third-order valence-corrected chi connectivity index (χ3v) is 3.07. The minimum absolute atomic E-state index is 0.123. The second kappa shape index (κ2) is 7.44. The summed E-state index contributed by atoms with van der Waals surface area (Å²) >= 11 is 0. The van der Waals surface area contributed by atoms with E-state index >= 15 is 0 Å². The maximum atomic E-state index is 13.3. The Kier molecular flexibility index (Phi) is 6.20. The van der Waals surface area contributed by atoms with E-state index in [1.165, 1.54) is 5.56 Å². The predicted octanol–water partition coefficient (Wildman–Crippen LogP) is 4.23. The van der Waals surface area contributed by atoms with Crippen molar-refractivity contribution in [1.29, 1.82) is 0 Å². The average molecular weight is 237 g/mol. The summed E-state index contributed by atoms with van der Waals surface area (Å²) < 4.78 is 13.3. The van der Waals surface area contributed by atoms with Gasteiger partial charge in [-0.2, -0.15) is 0 Å². The Morgan fingerprint density at radius 2 is 2.00 bits per heavy atom. The molecule has 96 valence electrons. The van der Waals surface area contributed by atoms with Crippen LogP contribution in [0.4, 0.5) is 4.39 Å². The normalized spacial score (nSPS) is 12.7. The lowest BCUT2D eigenvalue weighted by molar-refractivity contribution is 0.560. The molecule has 0 amide bonds. The van der Waals surface area contributed by atoms with Gasteiger partial charge >= 0.3 is 0 Å². The monoisotopic (exact) mass is 237 g/mol. The van der Waals surface area contributed by atoms with Crippen LogP contribution in [0.15, 0.2) is 18.2 Å². The second-order valence-electron chi connectivity index (χ2n) is 4.62. The summed E-state index contributed by atoms with van der Waals surface area (Å²) in [4.78, 5) is 0. The van der Waals surface area contributed by atoms with Crippen LogP contribution in [-0.4, -0.2) is 6.54 Å². The molecule has 2 heteroatoms. The van der Waals surface area contributed by atoms with E-state index in [9.17, 15) is 4.39 Å². The van der Waals surface area contributed by atoms with Gasteiger partial charge in [0.05, 0.1) is 0 Å². The third kappa shape index (κ3) is 4.47. The smallest absolute Gasteiger partial charge is 0.123 e. The zero-order valence-corrected chi connectivity index (χ0v) is 11.2. The van der Waals surface area contributed by atoms with E-state index in [4.69, 9.17) is 0 Å². The zero-order valence-electron chi connectivity index (χ0n) is 11.2. The van der Waals surface area contributed by atoms with Crippen LogP contribution >= 0.6 is 0 Å². The molecule has 0 heterocycles. The van der Waals surface area contributed by atoms with Gasteiger partial charge in [-0.05, 0) is 56.0 Å². The standard InChI is InChI=1S/C15H24FN/c1-4-6-7-13-11-14(16)8-9-15(13)12(3)17-10-5-2/h8-9,11-12,17H,4-7,10H2,1-3H3. The summed E-state index contributed by atoms with van der Waals surface area (Å²) in [5.41, 5.74) is 2.40. The highest BCUT2D eigenvalue weighted by atomic mass is 19.1. The highest BCUT2D eigenvalue weighted by Gasteiger charge is 2.10. The van der Waals surface area contributed by atoms with Crippen LogP contribution in [0.5, 0.6) is 0 Å². The first-order chi connectivity index (χ1) is 8.19. The maximum absolute atomic E-state index is 13.3. The van der Waals surface area contributed by atoms with Gasteiger partial charge in [0.15, 0.2) is 0 Å². The summed E-state index contributed by atoms with van der Waals surface area (Å²) in [5, 5.41) is 3.46. The lowest BCUT2D eigenvalue weighted by atomic mass is 9.97. The third-order valence-electron chi connectivity index (χ3n) is 3.07. The number of hydrogen-bond donors (Lipinski definition) is 1. The number of benzene rings is 1. The molecule has 0 aliphatic heterocycles. The Labute approximate surface area is 104 Å². The van der Waals surface area contributed by atoms with Gasteiger partial charge in [0.2, 0.25) is 0 Å². The van der Waals surface area contributed by atoms with E-state index in [0.717, 1.165) is 37.8 Å². The molecule has 0 saturated carbocycles. The number of hydrogen-bond acceptors (Lipinski definition) is 1. The fourth-order valence-corrected chi connectivity index (χ4v) is 2.05. The van der Waals surface area contributed by atoms with Gasteiger partial charge in [0, 0.05) is 6.04 Å². The highest BCUT2D eigenvalue weighted by Crippen LogP contribution is 2.21. The molecule has 0 aromatic heterocycles. The quantitative estimate of drug-likeness (QED) is 0.748. The van der Waals surface area contributed by atoms with Crippen molar-refractivity contribution in [1.82, 2.24) is 5.32 Å². The van der Waals surface area contributed by atoms with E-state index < -0.39 is 0 Å². The Balaban J connectivity index is 2.80. The highest BCUT2D eigenvalue weighted by molar-refractivity contribution is 5.30. The topological polar surface area (TPSA) is 12.0 Å². The van der Waals surface area contributed by atoms with E-state index in [1.54, 1.807) is 12.1 Å². The molecule has 1 aromatic carbocycles. The van der Waals surface area contributed by atoms with Crippen molar-refractivity contribution in [2.45, 2.75) is 52.5 Å². The lowest BCUT2D eigenvalue weighted by Gasteiger charge is -2.18. The van der Waals surface area contributed by atoms with Crippen molar-refractivity contribution >= 4 is 0 Å². The number of aryl methyl sites for hydroxylation is 1. The first-order valence-electron chi connectivity index (χ1n) is 6.70. The summed E-state index contributed by atoms with van der Waals surface area (Å²) in [5.74, 6) is -0.123. The molecule has 0 fully saturated rings. The molecular formula is C15H24FN. The predicted molar refractivity (Wildman–Crippen MR) is 71.7 cm³/mol. The van der Waals surface area contributed by atoms with E-state index in [-0.39, 0.29) is 5.82 Å². The van der Waals surface area contributed by atoms with E-state index in [1.807, 2.05) is 6.07 Å². The van der Waals surface area contributed by atoms with Gasteiger partial charge in [-0.15, -0.1) is 0 Å². The molecule has 0 aliphatic rings. The Morgan fingerprint density at radius 3 is 2.65 bits per heavy atom. The van der Waals surface area contributed by atoms with Crippen LogP contribution in [0.3, 0.4) is 0 Å². The Hall–Kier alpha value is -0.890. The fourth-order valence-electron chi connectivity index (χ4n) is 2.05. The van der Waals surface area contributed by atoms with Crippen molar-refractivity contribution in [2.75, 3.05) is 6.54 Å². The molecular weight excluding hydrogens is 213 g/mol. The van der Waals surface area contributed by atoms with Gasteiger partial charge in [-0.3, -0.25) is 0 Å². The number of nitrogens with one attached hydrogen (secondary N) is 1. The van der Waals surface area contributed by atoms with Crippen LogP contribution in [0.1, 0.15) is 57.2 Å². The molecule has 1 aromatic rings. The molecule has 1 N–H and O–H groups in total. The minimum atomic E-state index is -0.123. The van der Waals surface area contributed by atoms with Crippen molar-refractivity contribution in [3.05, 3.63) is 35.1 Å². The number of rotatable bonds is 7. The number of unbranched alkanes of at least 4 members (excludes halogenated alkanes) is 1. The SMILES string of the molecule is CCCCc1cc(F)ccc1C(C)NCCC. The molecule has 0 radical (unpaired) electrons. The van der Waals surface area contributed by atoms with Crippen molar-refractivity contribution in [3.8, 4) is 0 Å². The maximum Gasteiger partial charge on any atom is 0.123 e. The fraction of sp³-hybridized carbons (Fsp3) is 0.600. The molecule has 0 aliphatic carbocycles. The van der Waals surface area contributed by atoms with Crippen LogP contribution in [-0.2, 0) is 6.42 Å². The minimum Gasteiger partial charge on any atom is -0.310 e. The van der Waals surface area contributed by atoms with Gasteiger partial charge in [-0.1, -0.05) is 26.3 Å². The lowest BCUT2D eigenvalue weighted by Crippen LogP contribution is -2.20. The second-order valence-corrected chi connectivity index (χ2v) is 4.62. The molecule has 0 saturated heterocycles. The Morgan fingerprint density at radius 1 is 1.24 bits per heavy atom. The average Bonchev–Trinajstić information content (AvgIpc) is 2.33. The van der Waals surface area contributed by atoms with E-state index in [2.05, 4.69) is 26.1 Å². The first-order valence-corrected chi connectivity index (χ1v) is 6.70. The summed E-state index contributed by atoms with van der Waals surface area (Å²) in [6.45, 7) is 7.48. The van der Waals surface area contributed by atoms with Gasteiger partial charge in [0.1, 0.15) is 5.82 Å². The van der Waals surface area contributed by atoms with Gasteiger partial charge in [-0.25, -0.2) is 4.39 Å². The molecule has 1 nitrogen and oxygen atoms in total. The van der Waals surface area contributed by atoms with Crippen molar-refractivity contribution in [2.24, 2.45) is 0 Å².